The van der Waals surface area contributed by atoms with Crippen molar-refractivity contribution in [3.05, 3.63) is 66.2 Å². The van der Waals surface area contributed by atoms with Crippen LogP contribution in [0.2, 0.25) is 0 Å². The first-order chi connectivity index (χ1) is 13.4. The van der Waals surface area contributed by atoms with E-state index in [1.54, 1.807) is 30.0 Å². The van der Waals surface area contributed by atoms with Crippen LogP contribution in [0.3, 0.4) is 0 Å². The van der Waals surface area contributed by atoms with E-state index >= 15 is 0 Å². The number of para-hydroxylation sites is 1. The van der Waals surface area contributed by atoms with Crippen molar-refractivity contribution in [2.75, 3.05) is 9.21 Å². The van der Waals surface area contributed by atoms with Gasteiger partial charge in [0.15, 0.2) is 0 Å². The summed E-state index contributed by atoms with van der Waals surface area (Å²) in [6.07, 6.45) is 0.775. The van der Waals surface area contributed by atoms with Gasteiger partial charge in [0.1, 0.15) is 6.04 Å². The Labute approximate surface area is 164 Å². The van der Waals surface area contributed by atoms with Crippen molar-refractivity contribution in [1.29, 1.82) is 0 Å². The van der Waals surface area contributed by atoms with E-state index in [4.69, 9.17) is 0 Å². The van der Waals surface area contributed by atoms with Gasteiger partial charge in [0.2, 0.25) is 0 Å². The Morgan fingerprint density at radius 3 is 2.46 bits per heavy atom. The Morgan fingerprint density at radius 1 is 1.00 bits per heavy atom. The Bertz CT molecular complexity index is 1230. The maximum absolute atomic E-state index is 13.5. The molecule has 1 amide bonds. The van der Waals surface area contributed by atoms with Gasteiger partial charge in [-0.25, -0.2) is 8.42 Å². The number of benzene rings is 3. The third-order valence-corrected chi connectivity index (χ3v) is 7.70. The van der Waals surface area contributed by atoms with E-state index in [0.717, 1.165) is 23.1 Å². The third-order valence-electron chi connectivity index (χ3n) is 5.77. The number of sulfonamides is 1. The molecule has 0 spiro atoms. The molecule has 0 aromatic heterocycles. The van der Waals surface area contributed by atoms with Crippen LogP contribution in [0.15, 0.2) is 65.6 Å². The molecule has 2 heterocycles. The van der Waals surface area contributed by atoms with Crippen molar-refractivity contribution < 1.29 is 13.2 Å². The number of amides is 1. The van der Waals surface area contributed by atoms with E-state index in [2.05, 4.69) is 0 Å². The van der Waals surface area contributed by atoms with Gasteiger partial charge in [0, 0.05) is 17.1 Å². The van der Waals surface area contributed by atoms with Crippen LogP contribution in [0, 0.1) is 0 Å². The van der Waals surface area contributed by atoms with Gasteiger partial charge in [-0.2, -0.15) is 0 Å². The number of carbonyl (C=O) groups excluding carboxylic acids is 1. The average molecular weight is 392 g/mol. The number of hydrogen-bond acceptors (Lipinski definition) is 3. The molecule has 3 aromatic carbocycles. The summed E-state index contributed by atoms with van der Waals surface area (Å²) >= 11 is 0. The fourth-order valence-corrected chi connectivity index (χ4v) is 6.40. The number of anilines is 2. The lowest BCUT2D eigenvalue weighted by molar-refractivity contribution is -0.119. The van der Waals surface area contributed by atoms with Gasteiger partial charge < -0.3 is 4.90 Å². The highest BCUT2D eigenvalue weighted by molar-refractivity contribution is 7.93. The van der Waals surface area contributed by atoms with Gasteiger partial charge in [-0.05, 0) is 49.4 Å². The summed E-state index contributed by atoms with van der Waals surface area (Å²) in [5.74, 6) is -0.203. The van der Waals surface area contributed by atoms with Crippen LogP contribution < -0.4 is 9.21 Å². The lowest BCUT2D eigenvalue weighted by Gasteiger charge is -2.31. The molecule has 0 aliphatic carbocycles. The van der Waals surface area contributed by atoms with Crippen molar-refractivity contribution in [1.82, 2.24) is 0 Å². The molecule has 0 saturated carbocycles. The molecule has 0 radical (unpaired) electrons. The maximum atomic E-state index is 13.5. The summed E-state index contributed by atoms with van der Waals surface area (Å²) in [6.45, 7) is 3.68. The van der Waals surface area contributed by atoms with Crippen LogP contribution in [0.25, 0.3) is 10.8 Å². The van der Waals surface area contributed by atoms with E-state index < -0.39 is 16.1 Å². The van der Waals surface area contributed by atoms with Crippen molar-refractivity contribution in [2.45, 2.75) is 37.2 Å². The molecule has 0 N–H and O–H groups in total. The van der Waals surface area contributed by atoms with Crippen LogP contribution in [-0.2, 0) is 21.2 Å². The first-order valence-corrected chi connectivity index (χ1v) is 10.8. The van der Waals surface area contributed by atoms with Crippen LogP contribution in [0.1, 0.15) is 19.4 Å². The average Bonchev–Trinajstić information content (AvgIpc) is 3.13. The first-order valence-electron chi connectivity index (χ1n) is 9.38. The number of hydrogen-bond donors (Lipinski definition) is 0. The molecule has 2 aliphatic rings. The minimum atomic E-state index is -3.78. The zero-order valence-electron chi connectivity index (χ0n) is 15.7. The Kier molecular flexibility index (Phi) is 3.58. The van der Waals surface area contributed by atoms with Gasteiger partial charge in [-0.15, -0.1) is 0 Å². The molecule has 2 aliphatic heterocycles. The predicted molar refractivity (Wildman–Crippen MR) is 110 cm³/mol. The highest BCUT2D eigenvalue weighted by Gasteiger charge is 2.43. The Hall–Kier alpha value is -2.86. The summed E-state index contributed by atoms with van der Waals surface area (Å²) in [5, 5.41) is 1.56. The van der Waals surface area contributed by atoms with Gasteiger partial charge in [-0.3, -0.25) is 9.10 Å². The molecule has 0 saturated heterocycles. The molecular weight excluding hydrogens is 372 g/mol. The molecule has 2 atom stereocenters. The second-order valence-corrected chi connectivity index (χ2v) is 9.28. The molecule has 6 heteroatoms. The van der Waals surface area contributed by atoms with Gasteiger partial charge in [-0.1, -0.05) is 42.5 Å². The number of carbonyl (C=O) groups is 1. The van der Waals surface area contributed by atoms with Gasteiger partial charge in [0.25, 0.3) is 15.9 Å². The second kappa shape index (κ2) is 5.82. The zero-order chi connectivity index (χ0) is 19.6. The largest absolute Gasteiger partial charge is 0.307 e. The summed E-state index contributed by atoms with van der Waals surface area (Å²) < 4.78 is 27.9. The lowest BCUT2D eigenvalue weighted by Crippen LogP contribution is -2.50. The van der Waals surface area contributed by atoms with Crippen LogP contribution in [0.4, 0.5) is 11.4 Å². The first kappa shape index (κ1) is 17.3. The van der Waals surface area contributed by atoms with E-state index in [-0.39, 0.29) is 16.8 Å². The standard InChI is InChI=1S/C22H20N2O3S/c1-14-13-17-7-3-4-10-18(17)23(14)22(25)15(2)24-19-11-5-8-16-9-6-12-20(21(16)19)28(24,26)27/h3-12,14-15H,13H2,1-2H3/t14-,15+/m0/s1. The monoisotopic (exact) mass is 392 g/mol. The fourth-order valence-electron chi connectivity index (χ4n) is 4.54. The maximum Gasteiger partial charge on any atom is 0.265 e. The molecule has 0 unspecified atom stereocenters. The molecule has 28 heavy (non-hydrogen) atoms. The van der Waals surface area contributed by atoms with E-state index in [9.17, 15) is 13.2 Å². The normalized spacial score (nSPS) is 20.4. The summed E-state index contributed by atoms with van der Waals surface area (Å²) in [4.78, 5) is 15.5. The fraction of sp³-hybridized carbons (Fsp3) is 0.227. The molecule has 5 rings (SSSR count). The van der Waals surface area contributed by atoms with E-state index in [0.29, 0.717) is 11.1 Å². The second-order valence-electron chi connectivity index (χ2n) is 7.50. The lowest BCUT2D eigenvalue weighted by atomic mass is 10.1. The molecular formula is C22H20N2O3S. The minimum absolute atomic E-state index is 0.00387. The third kappa shape index (κ3) is 2.18. The van der Waals surface area contributed by atoms with E-state index in [1.807, 2.05) is 49.4 Å². The Morgan fingerprint density at radius 2 is 1.68 bits per heavy atom. The van der Waals surface area contributed by atoms with E-state index in [1.165, 1.54) is 4.31 Å². The zero-order valence-corrected chi connectivity index (χ0v) is 16.5. The smallest absolute Gasteiger partial charge is 0.265 e. The van der Waals surface area contributed by atoms with Crippen LogP contribution >= 0.6 is 0 Å². The van der Waals surface area contributed by atoms with Crippen LogP contribution in [-0.4, -0.2) is 26.4 Å². The molecule has 0 fully saturated rings. The topological polar surface area (TPSA) is 57.7 Å². The summed E-state index contributed by atoms with van der Waals surface area (Å²) in [7, 11) is -3.78. The molecule has 3 aromatic rings. The van der Waals surface area contributed by atoms with Crippen LogP contribution in [0.5, 0.6) is 0 Å². The minimum Gasteiger partial charge on any atom is -0.307 e. The summed E-state index contributed by atoms with van der Waals surface area (Å²) in [5.41, 5.74) is 2.57. The number of nitrogens with zero attached hydrogens (tertiary/aromatic N) is 2. The predicted octanol–water partition coefficient (Wildman–Crippen LogP) is 3.71. The quantitative estimate of drug-likeness (QED) is 0.668. The molecule has 142 valence electrons. The van der Waals surface area contributed by atoms with Gasteiger partial charge >= 0.3 is 0 Å². The number of fused-ring (bicyclic) bond motifs is 1. The number of rotatable bonds is 2. The molecule has 0 bridgehead atoms. The highest BCUT2D eigenvalue weighted by atomic mass is 32.2. The Balaban J connectivity index is 1.61. The van der Waals surface area contributed by atoms with Crippen molar-refractivity contribution >= 4 is 38.1 Å². The van der Waals surface area contributed by atoms with Gasteiger partial charge in [0.05, 0.1) is 10.6 Å². The molecule has 5 nitrogen and oxygen atoms in total. The van der Waals surface area contributed by atoms with Crippen molar-refractivity contribution in [3.63, 3.8) is 0 Å². The summed E-state index contributed by atoms with van der Waals surface area (Å²) in [6, 6.07) is 17.7. The highest BCUT2D eigenvalue weighted by Crippen LogP contribution is 2.44. The van der Waals surface area contributed by atoms with Crippen molar-refractivity contribution in [3.8, 4) is 0 Å². The SMILES string of the molecule is C[C@H](C(=O)N1c2ccccc2C[C@@H]1C)N1c2cccc3cccc(c23)S1(=O)=O. The van der Waals surface area contributed by atoms with Crippen molar-refractivity contribution in [2.24, 2.45) is 0 Å².